The zero-order valence-corrected chi connectivity index (χ0v) is 13.9. The van der Waals surface area contributed by atoms with Gasteiger partial charge in [0.1, 0.15) is 0 Å². The molecule has 0 spiro atoms. The van der Waals surface area contributed by atoms with Crippen LogP contribution in [0.2, 0.25) is 0 Å². The molecule has 0 amide bonds. The van der Waals surface area contributed by atoms with Crippen LogP contribution >= 0.6 is 0 Å². The summed E-state index contributed by atoms with van der Waals surface area (Å²) in [7, 11) is 1.59. The van der Waals surface area contributed by atoms with Gasteiger partial charge in [-0.2, -0.15) is 5.57 Å². The number of nitrogen functional groups attached to an aromatic ring is 1. The van der Waals surface area contributed by atoms with Gasteiger partial charge in [0.25, 0.3) is 0 Å². The second-order valence-electron chi connectivity index (χ2n) is 3.21. The molecule has 0 unspecified atom stereocenters. The van der Waals surface area contributed by atoms with E-state index < -0.39 is 0 Å². The fourth-order valence-corrected chi connectivity index (χ4v) is 1.44. The Labute approximate surface area is 120 Å². The molecule has 0 aliphatic rings. The summed E-state index contributed by atoms with van der Waals surface area (Å²) in [6.07, 6.45) is 2.98. The van der Waals surface area contributed by atoms with E-state index in [2.05, 4.69) is 6.08 Å². The Morgan fingerprint density at radius 3 is 2.50 bits per heavy atom. The van der Waals surface area contributed by atoms with Crippen LogP contribution in [0.1, 0.15) is 19.4 Å². The predicted molar refractivity (Wildman–Crippen MR) is 63.1 cm³/mol. The molecule has 3 nitrogen and oxygen atoms in total. The Kier molecular flexibility index (Phi) is 6.47. The summed E-state index contributed by atoms with van der Waals surface area (Å²) >= 11 is 0. The van der Waals surface area contributed by atoms with Crippen molar-refractivity contribution in [3.05, 3.63) is 29.8 Å². The number of anilines is 1. The van der Waals surface area contributed by atoms with Crippen molar-refractivity contribution >= 4 is 17.0 Å². The molecule has 0 fully saturated rings. The molecule has 0 atom stereocenters. The van der Waals surface area contributed by atoms with Crippen LogP contribution in [0.4, 0.5) is 5.69 Å². The monoisotopic (exact) mass is 441 g/mol. The van der Waals surface area contributed by atoms with E-state index in [1.54, 1.807) is 33.1 Å². The SMILES string of the molecule is C[C-]=C(C(C)=N)c1ccc(N)cc1OC.[U]. The van der Waals surface area contributed by atoms with Crippen molar-refractivity contribution < 1.29 is 35.9 Å². The molecular weight excluding hydrogens is 426 g/mol. The maximum absolute atomic E-state index is 7.63. The summed E-state index contributed by atoms with van der Waals surface area (Å²) in [4.78, 5) is 0. The Balaban J connectivity index is 0.00000225. The molecule has 0 aliphatic carbocycles. The smallest absolute Gasteiger partial charge is 0.0759 e. The van der Waals surface area contributed by atoms with Gasteiger partial charge in [-0.1, -0.05) is 31.2 Å². The van der Waals surface area contributed by atoms with Crippen molar-refractivity contribution in [1.82, 2.24) is 0 Å². The quantitative estimate of drug-likeness (QED) is 0.431. The van der Waals surface area contributed by atoms with Crippen LogP contribution in [0.15, 0.2) is 18.2 Å². The molecule has 0 radical (unpaired) electrons. The molecule has 0 saturated carbocycles. The number of nitrogens with two attached hydrogens (primary N) is 1. The minimum atomic E-state index is 0. The van der Waals surface area contributed by atoms with E-state index in [1.165, 1.54) is 0 Å². The third-order valence-electron chi connectivity index (χ3n) is 2.12. The third kappa shape index (κ3) is 3.40. The molecule has 1 aromatic carbocycles. The van der Waals surface area contributed by atoms with E-state index in [0.29, 0.717) is 17.1 Å². The average Bonchev–Trinajstić information content (AvgIpc) is 2.20. The summed E-state index contributed by atoms with van der Waals surface area (Å²) in [5.74, 6) is 0.672. The van der Waals surface area contributed by atoms with Gasteiger partial charge in [-0.05, 0) is 6.07 Å². The number of methoxy groups -OCH3 is 1. The normalized spacial score (nSPS) is 10.6. The van der Waals surface area contributed by atoms with E-state index in [-0.39, 0.29) is 31.1 Å². The van der Waals surface area contributed by atoms with Crippen molar-refractivity contribution in [1.29, 1.82) is 5.41 Å². The van der Waals surface area contributed by atoms with Crippen LogP contribution in [0.5, 0.6) is 5.75 Å². The summed E-state index contributed by atoms with van der Waals surface area (Å²) in [5.41, 5.74) is 8.35. The summed E-state index contributed by atoms with van der Waals surface area (Å²) < 4.78 is 5.22. The molecule has 0 saturated heterocycles. The van der Waals surface area contributed by atoms with E-state index in [9.17, 15) is 0 Å². The minimum Gasteiger partial charge on any atom is -0.509 e. The zero-order chi connectivity index (χ0) is 11.4. The van der Waals surface area contributed by atoms with Gasteiger partial charge < -0.3 is 15.9 Å². The number of nitrogens with one attached hydrogen (secondary N) is 1. The van der Waals surface area contributed by atoms with Crippen molar-refractivity contribution in [3.63, 3.8) is 0 Å². The molecule has 0 bridgehead atoms. The first-order chi connectivity index (χ1) is 7.10. The van der Waals surface area contributed by atoms with Gasteiger partial charge in [0.05, 0.1) is 12.9 Å². The van der Waals surface area contributed by atoms with Crippen molar-refractivity contribution in [2.45, 2.75) is 13.8 Å². The standard InChI is InChI=1S/C12H15N2O.U/c1-4-10(8(2)13)11-6-5-9(14)7-12(11)15-3;/h5-7,13H,14H2,1-3H3;/q-1;. The topological polar surface area (TPSA) is 59.1 Å². The number of hydrogen-bond acceptors (Lipinski definition) is 3. The fourth-order valence-electron chi connectivity index (χ4n) is 1.44. The van der Waals surface area contributed by atoms with Crippen LogP contribution in [0.3, 0.4) is 0 Å². The van der Waals surface area contributed by atoms with Gasteiger partial charge in [-0.15, -0.1) is 6.07 Å². The Bertz CT molecular complexity index is 413. The van der Waals surface area contributed by atoms with Gasteiger partial charge in [-0.25, -0.2) is 6.08 Å². The van der Waals surface area contributed by atoms with Gasteiger partial charge in [-0.3, -0.25) is 0 Å². The van der Waals surface area contributed by atoms with Crippen LogP contribution in [-0.4, -0.2) is 12.8 Å². The Morgan fingerprint density at radius 2 is 2.06 bits per heavy atom. The first-order valence-corrected chi connectivity index (χ1v) is 4.64. The number of allylic oxidation sites excluding steroid dienone is 2. The molecule has 16 heavy (non-hydrogen) atoms. The van der Waals surface area contributed by atoms with Gasteiger partial charge >= 0.3 is 0 Å². The van der Waals surface area contributed by atoms with Crippen LogP contribution in [-0.2, 0) is 0 Å². The van der Waals surface area contributed by atoms with Gasteiger partial charge in [0.15, 0.2) is 0 Å². The van der Waals surface area contributed by atoms with Crippen LogP contribution in [0.25, 0.3) is 5.57 Å². The third-order valence-corrected chi connectivity index (χ3v) is 2.12. The van der Waals surface area contributed by atoms with Gasteiger partial charge in [0, 0.05) is 36.8 Å². The second kappa shape index (κ2) is 6.78. The number of ether oxygens (including phenoxy) is 1. The summed E-state index contributed by atoms with van der Waals surface area (Å²) in [5, 5.41) is 7.63. The molecule has 1 aromatic rings. The molecule has 4 heteroatoms. The number of benzene rings is 1. The molecule has 3 N–H and O–H groups in total. The largest absolute Gasteiger partial charge is 0.509 e. The molecule has 1 rings (SSSR count). The van der Waals surface area contributed by atoms with E-state index in [0.717, 1.165) is 11.1 Å². The summed E-state index contributed by atoms with van der Waals surface area (Å²) in [6, 6.07) is 5.38. The maximum Gasteiger partial charge on any atom is 0.0759 e. The zero-order valence-electron chi connectivity index (χ0n) is 9.72. The van der Waals surface area contributed by atoms with Crippen LogP contribution < -0.4 is 10.5 Å². The van der Waals surface area contributed by atoms with Crippen molar-refractivity contribution in [3.8, 4) is 5.75 Å². The predicted octanol–water partition coefficient (Wildman–Crippen LogP) is 2.52. The molecule has 0 aliphatic heterocycles. The van der Waals surface area contributed by atoms with E-state index in [1.807, 2.05) is 6.07 Å². The van der Waals surface area contributed by atoms with E-state index in [4.69, 9.17) is 15.9 Å². The first kappa shape index (κ1) is 15.3. The molecule has 0 aromatic heterocycles. The number of hydrogen-bond donors (Lipinski definition) is 2. The Morgan fingerprint density at radius 1 is 1.44 bits per heavy atom. The van der Waals surface area contributed by atoms with Gasteiger partial charge in [0.2, 0.25) is 0 Å². The van der Waals surface area contributed by atoms with Crippen molar-refractivity contribution in [2.24, 2.45) is 0 Å². The fraction of sp³-hybridized carbons (Fsp3) is 0.250. The minimum absolute atomic E-state index is 0. The maximum atomic E-state index is 7.63. The number of rotatable bonds is 3. The Hall–Kier alpha value is -0.718. The molecule has 84 valence electrons. The molecular formula is C12H15N2OU-. The molecule has 0 heterocycles. The van der Waals surface area contributed by atoms with E-state index >= 15 is 0 Å². The summed E-state index contributed by atoms with van der Waals surface area (Å²) in [6.45, 7) is 3.50. The van der Waals surface area contributed by atoms with Crippen molar-refractivity contribution in [2.75, 3.05) is 12.8 Å². The average molecular weight is 441 g/mol. The van der Waals surface area contributed by atoms with Crippen LogP contribution in [0, 0.1) is 42.6 Å². The first-order valence-electron chi connectivity index (χ1n) is 4.64. The second-order valence-corrected chi connectivity index (χ2v) is 3.21.